The summed E-state index contributed by atoms with van der Waals surface area (Å²) in [6, 6.07) is 4.26. The highest BCUT2D eigenvalue weighted by Gasteiger charge is 2.32. The molecule has 0 aliphatic carbocycles. The lowest BCUT2D eigenvalue weighted by Gasteiger charge is -2.26. The van der Waals surface area contributed by atoms with Crippen molar-refractivity contribution in [3.63, 3.8) is 0 Å². The number of aliphatic carboxylic acids is 1. The van der Waals surface area contributed by atoms with E-state index >= 15 is 0 Å². The number of rotatable bonds is 13. The van der Waals surface area contributed by atoms with E-state index in [0.29, 0.717) is 12.1 Å². The minimum Gasteiger partial charge on any atom is -0.480 e. The number of aromatic amines is 2. The Hall–Kier alpha value is -4.19. The van der Waals surface area contributed by atoms with Crippen LogP contribution in [-0.4, -0.2) is 68.4 Å². The van der Waals surface area contributed by atoms with Crippen molar-refractivity contribution >= 4 is 34.6 Å². The minimum absolute atomic E-state index is 0.0368. The summed E-state index contributed by atoms with van der Waals surface area (Å²) in [4.78, 5) is 60.5. The second-order valence-corrected chi connectivity index (χ2v) is 8.94. The Balaban J connectivity index is 1.84. The molecule has 12 nitrogen and oxygen atoms in total. The number of para-hydroxylation sites is 1. The van der Waals surface area contributed by atoms with E-state index in [1.54, 1.807) is 13.1 Å². The highest BCUT2D eigenvalue weighted by Crippen LogP contribution is 2.19. The molecule has 0 aliphatic rings. The van der Waals surface area contributed by atoms with Crippen molar-refractivity contribution in [3.05, 3.63) is 54.2 Å². The molecule has 0 saturated carbocycles. The van der Waals surface area contributed by atoms with E-state index in [9.17, 15) is 24.3 Å². The van der Waals surface area contributed by atoms with Crippen LogP contribution in [0.4, 0.5) is 0 Å². The van der Waals surface area contributed by atoms with E-state index in [4.69, 9.17) is 5.73 Å². The highest BCUT2D eigenvalue weighted by atomic mass is 16.4. The minimum atomic E-state index is -1.17. The number of carboxylic acid groups (broad SMARTS) is 1. The Labute approximate surface area is 213 Å². The molecule has 0 radical (unpaired) electrons. The molecular formula is C25H33N7O5. The third-order valence-electron chi connectivity index (χ3n) is 6.32. The van der Waals surface area contributed by atoms with E-state index in [1.165, 1.54) is 12.5 Å². The van der Waals surface area contributed by atoms with Gasteiger partial charge in [-0.2, -0.15) is 0 Å². The molecule has 8 N–H and O–H groups in total. The van der Waals surface area contributed by atoms with Gasteiger partial charge in [-0.05, 0) is 17.5 Å². The smallest absolute Gasteiger partial charge is 0.326 e. The molecule has 0 aliphatic heterocycles. The van der Waals surface area contributed by atoms with Gasteiger partial charge in [0.05, 0.1) is 12.9 Å². The number of nitrogens with one attached hydrogen (secondary N) is 5. The van der Waals surface area contributed by atoms with Crippen molar-refractivity contribution in [1.29, 1.82) is 0 Å². The van der Waals surface area contributed by atoms with Gasteiger partial charge in [0, 0.05) is 41.8 Å². The van der Waals surface area contributed by atoms with E-state index in [1.807, 2.05) is 31.2 Å². The van der Waals surface area contributed by atoms with Crippen LogP contribution in [-0.2, 0) is 32.0 Å². The Kier molecular flexibility index (Phi) is 9.39. The van der Waals surface area contributed by atoms with Crippen LogP contribution >= 0.6 is 0 Å². The van der Waals surface area contributed by atoms with E-state index in [2.05, 4.69) is 30.9 Å². The van der Waals surface area contributed by atoms with Gasteiger partial charge in [-0.15, -0.1) is 0 Å². The van der Waals surface area contributed by atoms with Crippen LogP contribution in [0, 0.1) is 5.92 Å². The molecule has 12 heteroatoms. The molecule has 0 bridgehead atoms. The SMILES string of the molecule is CCC(C)C(NC(=O)C(Cc1cnc[nH]1)NC(=O)C(Cc1c[nH]c2ccccc12)NC(=O)CN)C(=O)O. The van der Waals surface area contributed by atoms with Crippen LogP contribution in [0.5, 0.6) is 0 Å². The summed E-state index contributed by atoms with van der Waals surface area (Å²) in [6.07, 6.45) is 5.42. The van der Waals surface area contributed by atoms with Gasteiger partial charge in [-0.25, -0.2) is 9.78 Å². The van der Waals surface area contributed by atoms with E-state index in [0.717, 1.165) is 16.5 Å². The first-order valence-corrected chi connectivity index (χ1v) is 12.1. The monoisotopic (exact) mass is 511 g/mol. The number of amides is 3. The van der Waals surface area contributed by atoms with Gasteiger partial charge < -0.3 is 36.8 Å². The standard InChI is InChI=1S/C25H33N7O5/c1-3-14(2)22(25(36)37)32-24(35)20(9-16-12-27-13-29-16)31-23(34)19(30-21(33)10-26)8-15-11-28-18-7-5-4-6-17(15)18/h4-7,11-14,19-20,22,28H,3,8-10,26H2,1-2H3,(H,27,29)(H,30,33)(H,31,34)(H,32,35)(H,36,37). The number of hydrogen-bond acceptors (Lipinski definition) is 6. The molecule has 198 valence electrons. The Morgan fingerprint density at radius 3 is 2.38 bits per heavy atom. The maximum absolute atomic E-state index is 13.4. The summed E-state index contributed by atoms with van der Waals surface area (Å²) >= 11 is 0. The first kappa shape index (κ1) is 27.4. The Morgan fingerprint density at radius 2 is 1.73 bits per heavy atom. The van der Waals surface area contributed by atoms with Crippen LogP contribution in [0.2, 0.25) is 0 Å². The first-order chi connectivity index (χ1) is 17.7. The van der Waals surface area contributed by atoms with Crippen LogP contribution in [0.25, 0.3) is 10.9 Å². The highest BCUT2D eigenvalue weighted by molar-refractivity contribution is 5.94. The molecular weight excluding hydrogens is 478 g/mol. The van der Waals surface area contributed by atoms with E-state index in [-0.39, 0.29) is 25.3 Å². The van der Waals surface area contributed by atoms with Gasteiger partial charge in [0.1, 0.15) is 18.1 Å². The summed E-state index contributed by atoms with van der Waals surface area (Å²) in [5.74, 6) is -3.30. The number of hydrogen-bond donors (Lipinski definition) is 7. The fourth-order valence-electron chi connectivity index (χ4n) is 4.02. The van der Waals surface area contributed by atoms with Crippen molar-refractivity contribution in [1.82, 2.24) is 30.9 Å². The van der Waals surface area contributed by atoms with Gasteiger partial charge in [-0.3, -0.25) is 14.4 Å². The number of carbonyl (C=O) groups excluding carboxylic acids is 3. The summed E-state index contributed by atoms with van der Waals surface area (Å²) in [5.41, 5.74) is 7.71. The molecule has 4 unspecified atom stereocenters. The largest absolute Gasteiger partial charge is 0.480 e. The van der Waals surface area contributed by atoms with Crippen LogP contribution in [0.3, 0.4) is 0 Å². The molecule has 0 fully saturated rings. The average Bonchev–Trinajstić information content (AvgIpc) is 3.55. The summed E-state index contributed by atoms with van der Waals surface area (Å²) in [6.45, 7) is 3.23. The zero-order valence-corrected chi connectivity index (χ0v) is 20.8. The molecule has 3 amide bonds. The van der Waals surface area contributed by atoms with Crippen molar-refractivity contribution in [3.8, 4) is 0 Å². The molecule has 4 atom stereocenters. The number of aromatic nitrogens is 3. The lowest BCUT2D eigenvalue weighted by atomic mass is 9.98. The van der Waals surface area contributed by atoms with Crippen LogP contribution < -0.4 is 21.7 Å². The van der Waals surface area contributed by atoms with Gasteiger partial charge in [0.25, 0.3) is 0 Å². The predicted molar refractivity (Wildman–Crippen MR) is 136 cm³/mol. The lowest BCUT2D eigenvalue weighted by Crippen LogP contribution is -2.58. The summed E-state index contributed by atoms with van der Waals surface area (Å²) in [7, 11) is 0. The summed E-state index contributed by atoms with van der Waals surface area (Å²) in [5, 5.41) is 18.4. The van der Waals surface area contributed by atoms with Gasteiger partial charge in [-0.1, -0.05) is 38.5 Å². The number of imidazole rings is 1. The van der Waals surface area contributed by atoms with Crippen molar-refractivity contribution in [2.75, 3.05) is 6.54 Å². The van der Waals surface area contributed by atoms with Gasteiger partial charge >= 0.3 is 5.97 Å². The van der Waals surface area contributed by atoms with Crippen molar-refractivity contribution in [2.24, 2.45) is 11.7 Å². The fraction of sp³-hybridized carbons (Fsp3) is 0.400. The quantitative estimate of drug-likeness (QED) is 0.170. The number of benzene rings is 1. The number of fused-ring (bicyclic) bond motifs is 1. The van der Waals surface area contributed by atoms with Crippen LogP contribution in [0.15, 0.2) is 43.0 Å². The molecule has 0 spiro atoms. The fourth-order valence-corrected chi connectivity index (χ4v) is 4.02. The van der Waals surface area contributed by atoms with Gasteiger partial charge in [0.15, 0.2) is 0 Å². The normalized spacial score (nSPS) is 14.4. The third kappa shape index (κ3) is 7.17. The molecule has 37 heavy (non-hydrogen) atoms. The maximum Gasteiger partial charge on any atom is 0.326 e. The zero-order chi connectivity index (χ0) is 26.9. The molecule has 0 saturated heterocycles. The molecule has 3 aromatic rings. The predicted octanol–water partition coefficient (Wildman–Crippen LogP) is 0.220. The molecule has 1 aromatic carbocycles. The second kappa shape index (κ2) is 12.7. The average molecular weight is 512 g/mol. The maximum atomic E-state index is 13.4. The number of H-pyrrole nitrogens is 2. The number of nitrogens with two attached hydrogens (primary N) is 1. The van der Waals surface area contributed by atoms with E-state index < -0.39 is 41.8 Å². The third-order valence-corrected chi connectivity index (χ3v) is 6.32. The molecule has 2 heterocycles. The Morgan fingerprint density at radius 1 is 1.03 bits per heavy atom. The lowest BCUT2D eigenvalue weighted by molar-refractivity contribution is -0.143. The summed E-state index contributed by atoms with van der Waals surface area (Å²) < 4.78 is 0. The Bertz CT molecular complexity index is 1220. The number of carboxylic acids is 1. The molecule has 2 aromatic heterocycles. The topological polar surface area (TPSA) is 195 Å². The zero-order valence-electron chi connectivity index (χ0n) is 20.8. The second-order valence-electron chi connectivity index (χ2n) is 8.94. The van der Waals surface area contributed by atoms with Gasteiger partial charge in [0.2, 0.25) is 17.7 Å². The van der Waals surface area contributed by atoms with Crippen molar-refractivity contribution in [2.45, 2.75) is 51.2 Å². The molecule has 3 rings (SSSR count). The van der Waals surface area contributed by atoms with Crippen molar-refractivity contribution < 1.29 is 24.3 Å². The number of carbonyl (C=O) groups is 4. The number of nitrogens with zero attached hydrogens (tertiary/aromatic N) is 1. The van der Waals surface area contributed by atoms with Crippen LogP contribution in [0.1, 0.15) is 31.5 Å². The first-order valence-electron chi connectivity index (χ1n) is 12.1.